The zero-order valence-electron chi connectivity index (χ0n) is 9.18. The Labute approximate surface area is 129 Å². The van der Waals surface area contributed by atoms with Gasteiger partial charge >= 0.3 is 0 Å². The van der Waals surface area contributed by atoms with Crippen molar-refractivity contribution >= 4 is 56.4 Å². The molecule has 2 rings (SSSR count). The molecule has 0 saturated carbocycles. The number of anilines is 1. The van der Waals surface area contributed by atoms with Gasteiger partial charge in [0, 0.05) is 21.1 Å². The van der Waals surface area contributed by atoms with Crippen molar-refractivity contribution in [3.63, 3.8) is 0 Å². The van der Waals surface area contributed by atoms with Gasteiger partial charge in [0.2, 0.25) is 0 Å². The second-order valence-corrected chi connectivity index (χ2v) is 5.88. The summed E-state index contributed by atoms with van der Waals surface area (Å²) in [6.45, 7) is 0.570. The van der Waals surface area contributed by atoms with E-state index in [1.807, 2.05) is 24.3 Å². The van der Waals surface area contributed by atoms with Crippen LogP contribution in [-0.2, 0) is 6.54 Å². The summed E-state index contributed by atoms with van der Waals surface area (Å²) in [6.07, 6.45) is 0. The molecule has 5 heteroatoms. The normalized spacial score (nSPS) is 10.4. The van der Waals surface area contributed by atoms with Crippen molar-refractivity contribution in [1.82, 2.24) is 0 Å². The Kier molecular flexibility index (Phi) is 4.79. The minimum Gasteiger partial charge on any atom is -0.380 e. The second kappa shape index (κ2) is 6.16. The lowest BCUT2D eigenvalue weighted by Gasteiger charge is -2.10. The van der Waals surface area contributed by atoms with Crippen LogP contribution in [0.25, 0.3) is 0 Å². The van der Waals surface area contributed by atoms with Gasteiger partial charge < -0.3 is 5.32 Å². The molecule has 0 bridgehead atoms. The molecule has 0 aliphatic rings. The van der Waals surface area contributed by atoms with Gasteiger partial charge in [0.25, 0.3) is 0 Å². The fourth-order valence-electron chi connectivity index (χ4n) is 1.50. The second-order valence-electron chi connectivity index (χ2n) is 3.71. The summed E-state index contributed by atoms with van der Waals surface area (Å²) in [7, 11) is 0. The predicted octanol–water partition coefficient (Wildman–Crippen LogP) is 6.02. The zero-order valence-corrected chi connectivity index (χ0v) is 13.0. The first-order chi connectivity index (χ1) is 8.56. The molecule has 0 aliphatic heterocycles. The third-order valence-electron chi connectivity index (χ3n) is 2.41. The number of hydrogen-bond donors (Lipinski definition) is 1. The van der Waals surface area contributed by atoms with Gasteiger partial charge in [-0.2, -0.15) is 0 Å². The van der Waals surface area contributed by atoms with Crippen LogP contribution in [0.2, 0.25) is 15.1 Å². The van der Waals surface area contributed by atoms with Crippen molar-refractivity contribution < 1.29 is 0 Å². The summed E-state index contributed by atoms with van der Waals surface area (Å²) >= 11 is 21.5. The third kappa shape index (κ3) is 3.55. The quantitative estimate of drug-likeness (QED) is 0.701. The van der Waals surface area contributed by atoms with Gasteiger partial charge in [-0.15, -0.1) is 0 Å². The Morgan fingerprint density at radius 3 is 2.44 bits per heavy atom. The monoisotopic (exact) mass is 363 g/mol. The van der Waals surface area contributed by atoms with Crippen molar-refractivity contribution in [2.75, 3.05) is 5.32 Å². The van der Waals surface area contributed by atoms with Crippen molar-refractivity contribution in [1.29, 1.82) is 0 Å². The van der Waals surface area contributed by atoms with Gasteiger partial charge in [-0.05, 0) is 42.0 Å². The molecule has 94 valence electrons. The van der Waals surface area contributed by atoms with E-state index in [-0.39, 0.29) is 0 Å². The van der Waals surface area contributed by atoms with Crippen molar-refractivity contribution in [2.24, 2.45) is 0 Å². The van der Waals surface area contributed by atoms with Crippen molar-refractivity contribution in [3.05, 3.63) is 61.5 Å². The molecule has 0 atom stereocenters. The molecule has 0 fully saturated rings. The van der Waals surface area contributed by atoms with Crippen LogP contribution < -0.4 is 5.32 Å². The van der Waals surface area contributed by atoms with Crippen molar-refractivity contribution in [2.45, 2.75) is 6.54 Å². The minimum absolute atomic E-state index is 0.570. The third-order valence-corrected chi connectivity index (χ3v) is 3.82. The highest BCUT2D eigenvalue weighted by molar-refractivity contribution is 9.10. The molecule has 0 aromatic heterocycles. The number of nitrogens with one attached hydrogen (secondary N) is 1. The Morgan fingerprint density at radius 2 is 1.72 bits per heavy atom. The SMILES string of the molecule is Clc1ccc(Cl)c(CNc2ccc(Br)cc2Cl)c1. The molecular weight excluding hydrogens is 356 g/mol. The fraction of sp³-hybridized carbons (Fsp3) is 0.0769. The standard InChI is InChI=1S/C13H9BrCl3N/c14-9-1-4-13(12(17)6-9)18-7-8-5-10(15)2-3-11(8)16/h1-6,18H,7H2. The number of halogens is 4. The lowest BCUT2D eigenvalue weighted by Crippen LogP contribution is -2.00. The van der Waals surface area contributed by atoms with Gasteiger partial charge in [-0.1, -0.05) is 50.7 Å². The first-order valence-electron chi connectivity index (χ1n) is 5.19. The molecule has 0 aliphatic carbocycles. The van der Waals surface area contributed by atoms with Gasteiger partial charge in [0.1, 0.15) is 0 Å². The molecule has 1 N–H and O–H groups in total. The molecule has 1 nitrogen and oxygen atoms in total. The van der Waals surface area contributed by atoms with E-state index in [1.165, 1.54) is 0 Å². The highest BCUT2D eigenvalue weighted by Crippen LogP contribution is 2.27. The number of rotatable bonds is 3. The van der Waals surface area contributed by atoms with Crippen LogP contribution in [0.1, 0.15) is 5.56 Å². The highest BCUT2D eigenvalue weighted by Gasteiger charge is 2.04. The van der Waals surface area contributed by atoms with Gasteiger partial charge in [-0.3, -0.25) is 0 Å². The van der Waals surface area contributed by atoms with Crippen LogP contribution >= 0.6 is 50.7 Å². The molecule has 2 aromatic carbocycles. The van der Waals surface area contributed by atoms with E-state index >= 15 is 0 Å². The average molecular weight is 365 g/mol. The Balaban J connectivity index is 2.13. The van der Waals surface area contributed by atoms with E-state index in [4.69, 9.17) is 34.8 Å². The maximum atomic E-state index is 6.12. The topological polar surface area (TPSA) is 12.0 Å². The van der Waals surface area contributed by atoms with Crippen LogP contribution in [0.3, 0.4) is 0 Å². The molecule has 0 saturated heterocycles. The predicted molar refractivity (Wildman–Crippen MR) is 82.9 cm³/mol. The van der Waals surface area contributed by atoms with Gasteiger partial charge in [0.15, 0.2) is 0 Å². The maximum absolute atomic E-state index is 6.12. The van der Waals surface area contributed by atoms with E-state index in [0.29, 0.717) is 21.6 Å². The van der Waals surface area contributed by atoms with Crippen LogP contribution in [0, 0.1) is 0 Å². The smallest absolute Gasteiger partial charge is 0.0648 e. The first-order valence-corrected chi connectivity index (χ1v) is 7.12. The number of benzene rings is 2. The maximum Gasteiger partial charge on any atom is 0.0648 e. The molecular formula is C13H9BrCl3N. The number of hydrogen-bond acceptors (Lipinski definition) is 1. The Hall–Kier alpha value is -0.410. The largest absolute Gasteiger partial charge is 0.380 e. The van der Waals surface area contributed by atoms with E-state index in [2.05, 4.69) is 21.2 Å². The van der Waals surface area contributed by atoms with Crippen LogP contribution in [0.15, 0.2) is 40.9 Å². The summed E-state index contributed by atoms with van der Waals surface area (Å²) in [5.74, 6) is 0. The molecule has 2 aromatic rings. The van der Waals surface area contributed by atoms with Crippen molar-refractivity contribution in [3.8, 4) is 0 Å². The molecule has 18 heavy (non-hydrogen) atoms. The fourth-order valence-corrected chi connectivity index (χ4v) is 2.62. The van der Waals surface area contributed by atoms with E-state index in [0.717, 1.165) is 15.7 Å². The van der Waals surface area contributed by atoms with Gasteiger partial charge in [0.05, 0.1) is 10.7 Å². The molecule has 0 unspecified atom stereocenters. The lowest BCUT2D eigenvalue weighted by atomic mass is 10.2. The molecule has 0 spiro atoms. The van der Waals surface area contributed by atoms with Gasteiger partial charge in [-0.25, -0.2) is 0 Å². The highest BCUT2D eigenvalue weighted by atomic mass is 79.9. The van der Waals surface area contributed by atoms with E-state index < -0.39 is 0 Å². The Morgan fingerprint density at radius 1 is 0.944 bits per heavy atom. The van der Waals surface area contributed by atoms with Crippen LogP contribution in [0.5, 0.6) is 0 Å². The van der Waals surface area contributed by atoms with Crippen LogP contribution in [-0.4, -0.2) is 0 Å². The molecule has 0 radical (unpaired) electrons. The zero-order chi connectivity index (χ0) is 13.1. The van der Waals surface area contributed by atoms with Crippen LogP contribution in [0.4, 0.5) is 5.69 Å². The first kappa shape index (κ1) is 14.0. The summed E-state index contributed by atoms with van der Waals surface area (Å²) < 4.78 is 0.943. The Bertz CT molecular complexity index is 572. The summed E-state index contributed by atoms with van der Waals surface area (Å²) in [5, 5.41) is 5.23. The van der Waals surface area contributed by atoms with E-state index in [9.17, 15) is 0 Å². The average Bonchev–Trinajstić information content (AvgIpc) is 2.32. The molecule has 0 heterocycles. The summed E-state index contributed by atoms with van der Waals surface area (Å²) in [6, 6.07) is 11.1. The lowest BCUT2D eigenvalue weighted by molar-refractivity contribution is 1.15. The minimum atomic E-state index is 0.570. The summed E-state index contributed by atoms with van der Waals surface area (Å²) in [4.78, 5) is 0. The molecule has 0 amide bonds. The summed E-state index contributed by atoms with van der Waals surface area (Å²) in [5.41, 5.74) is 1.79. The van der Waals surface area contributed by atoms with E-state index in [1.54, 1.807) is 12.1 Å².